The van der Waals surface area contributed by atoms with Gasteiger partial charge in [-0.05, 0) is 12.1 Å². The maximum atomic E-state index is 12.3. The summed E-state index contributed by atoms with van der Waals surface area (Å²) in [6, 6.07) is 7.99. The number of amides is 3. The molecule has 0 radical (unpaired) electrons. The van der Waals surface area contributed by atoms with E-state index in [0.29, 0.717) is 18.8 Å². The standard InChI is InChI=1S/C15H19N3O4/c1-11(19)18-9-8-17(10-13(18)14(20)22-2)15(21)16-12-6-4-3-5-7-12/h3-7,13H,8-10H2,1-2H3,(H,16,21). The summed E-state index contributed by atoms with van der Waals surface area (Å²) in [5, 5.41) is 2.76. The number of para-hydroxylation sites is 1. The molecule has 1 aliphatic heterocycles. The number of benzene rings is 1. The fourth-order valence-electron chi connectivity index (χ4n) is 2.41. The second-order valence-corrected chi connectivity index (χ2v) is 4.99. The molecule has 1 saturated heterocycles. The summed E-state index contributed by atoms with van der Waals surface area (Å²) in [4.78, 5) is 38.6. The van der Waals surface area contributed by atoms with Gasteiger partial charge in [-0.25, -0.2) is 9.59 Å². The third-order valence-electron chi connectivity index (χ3n) is 3.57. The highest BCUT2D eigenvalue weighted by Crippen LogP contribution is 2.14. The average molecular weight is 305 g/mol. The number of urea groups is 1. The van der Waals surface area contributed by atoms with E-state index in [9.17, 15) is 14.4 Å². The van der Waals surface area contributed by atoms with Gasteiger partial charge in [-0.3, -0.25) is 4.79 Å². The average Bonchev–Trinajstić information content (AvgIpc) is 2.54. The lowest BCUT2D eigenvalue weighted by molar-refractivity contribution is -0.154. The summed E-state index contributed by atoms with van der Waals surface area (Å²) in [5.41, 5.74) is 0.677. The molecule has 3 amide bonds. The molecule has 0 saturated carbocycles. The zero-order valence-corrected chi connectivity index (χ0v) is 12.6. The zero-order chi connectivity index (χ0) is 16.1. The van der Waals surface area contributed by atoms with Crippen molar-refractivity contribution in [3.63, 3.8) is 0 Å². The lowest BCUT2D eigenvalue weighted by Gasteiger charge is -2.39. The molecule has 1 aromatic rings. The topological polar surface area (TPSA) is 79.0 Å². The Balaban J connectivity index is 2.05. The fraction of sp³-hybridized carbons (Fsp3) is 0.400. The number of hydrogen-bond donors (Lipinski definition) is 1. The lowest BCUT2D eigenvalue weighted by atomic mass is 10.1. The summed E-state index contributed by atoms with van der Waals surface area (Å²) < 4.78 is 4.73. The van der Waals surface area contributed by atoms with Gasteiger partial charge in [-0.15, -0.1) is 0 Å². The number of carbonyl (C=O) groups is 3. The van der Waals surface area contributed by atoms with Crippen molar-refractivity contribution in [3.05, 3.63) is 30.3 Å². The van der Waals surface area contributed by atoms with Crippen LogP contribution in [0.1, 0.15) is 6.92 Å². The van der Waals surface area contributed by atoms with E-state index in [1.165, 1.54) is 23.8 Å². The Bertz CT molecular complexity index is 561. The van der Waals surface area contributed by atoms with Gasteiger partial charge in [0, 0.05) is 25.7 Å². The SMILES string of the molecule is COC(=O)C1CN(C(=O)Nc2ccccc2)CCN1C(C)=O. The molecule has 1 aliphatic rings. The van der Waals surface area contributed by atoms with Gasteiger partial charge in [0.25, 0.3) is 0 Å². The maximum absolute atomic E-state index is 12.3. The van der Waals surface area contributed by atoms with Crippen molar-refractivity contribution in [2.75, 3.05) is 32.1 Å². The molecule has 0 spiro atoms. The van der Waals surface area contributed by atoms with E-state index < -0.39 is 12.0 Å². The van der Waals surface area contributed by atoms with E-state index in [2.05, 4.69) is 5.32 Å². The van der Waals surface area contributed by atoms with Gasteiger partial charge in [-0.1, -0.05) is 18.2 Å². The Morgan fingerprint density at radius 2 is 1.86 bits per heavy atom. The normalized spacial score (nSPS) is 17.8. The van der Waals surface area contributed by atoms with Crippen LogP contribution in [0.4, 0.5) is 10.5 Å². The molecule has 1 unspecified atom stereocenters. The first-order valence-corrected chi connectivity index (χ1v) is 6.99. The predicted octanol–water partition coefficient (Wildman–Crippen LogP) is 0.924. The van der Waals surface area contributed by atoms with Crippen molar-refractivity contribution >= 4 is 23.6 Å². The second kappa shape index (κ2) is 6.93. The van der Waals surface area contributed by atoms with Crippen molar-refractivity contribution < 1.29 is 19.1 Å². The van der Waals surface area contributed by atoms with E-state index in [1.807, 2.05) is 18.2 Å². The third-order valence-corrected chi connectivity index (χ3v) is 3.57. The van der Waals surface area contributed by atoms with E-state index >= 15 is 0 Å². The molecule has 7 nitrogen and oxygen atoms in total. The van der Waals surface area contributed by atoms with Gasteiger partial charge < -0.3 is 19.9 Å². The molecule has 1 N–H and O–H groups in total. The van der Waals surface area contributed by atoms with Crippen LogP contribution in [-0.4, -0.2) is 60.5 Å². The number of hydrogen-bond acceptors (Lipinski definition) is 4. The number of ether oxygens (including phenoxy) is 1. The van der Waals surface area contributed by atoms with Crippen LogP contribution in [0.5, 0.6) is 0 Å². The van der Waals surface area contributed by atoms with Crippen molar-refractivity contribution in [2.24, 2.45) is 0 Å². The molecule has 118 valence electrons. The number of rotatable bonds is 2. The molecule has 0 bridgehead atoms. The number of carbonyl (C=O) groups excluding carboxylic acids is 3. The van der Waals surface area contributed by atoms with Crippen molar-refractivity contribution in [3.8, 4) is 0 Å². The minimum absolute atomic E-state index is 0.116. The zero-order valence-electron chi connectivity index (χ0n) is 12.6. The van der Waals surface area contributed by atoms with Gasteiger partial charge in [0.2, 0.25) is 5.91 Å². The molecule has 1 aromatic carbocycles. The second-order valence-electron chi connectivity index (χ2n) is 4.99. The summed E-state index contributed by atoms with van der Waals surface area (Å²) in [6.45, 7) is 2.18. The minimum atomic E-state index is -0.766. The third kappa shape index (κ3) is 3.55. The molecular formula is C15H19N3O4. The van der Waals surface area contributed by atoms with Crippen LogP contribution in [0.2, 0.25) is 0 Å². The van der Waals surface area contributed by atoms with Crippen molar-refractivity contribution in [1.82, 2.24) is 9.80 Å². The van der Waals surface area contributed by atoms with Crippen LogP contribution >= 0.6 is 0 Å². The van der Waals surface area contributed by atoms with Gasteiger partial charge in [0.15, 0.2) is 0 Å². The summed E-state index contributed by atoms with van der Waals surface area (Å²) in [7, 11) is 1.27. The Kier molecular flexibility index (Phi) is 4.98. The van der Waals surface area contributed by atoms with Crippen molar-refractivity contribution in [1.29, 1.82) is 0 Å². The Morgan fingerprint density at radius 1 is 1.18 bits per heavy atom. The molecule has 1 atom stereocenters. The first kappa shape index (κ1) is 15.8. The van der Waals surface area contributed by atoms with E-state index in [0.717, 1.165) is 0 Å². The fourth-order valence-corrected chi connectivity index (χ4v) is 2.41. The Morgan fingerprint density at radius 3 is 2.45 bits per heavy atom. The number of anilines is 1. The van der Waals surface area contributed by atoms with E-state index in [4.69, 9.17) is 4.74 Å². The number of nitrogens with zero attached hydrogens (tertiary/aromatic N) is 2. The first-order chi connectivity index (χ1) is 10.5. The highest BCUT2D eigenvalue weighted by molar-refractivity contribution is 5.91. The number of piperazine rings is 1. The van der Waals surface area contributed by atoms with E-state index in [1.54, 1.807) is 12.1 Å². The van der Waals surface area contributed by atoms with Gasteiger partial charge in [-0.2, -0.15) is 0 Å². The molecule has 22 heavy (non-hydrogen) atoms. The molecule has 2 rings (SSSR count). The van der Waals surface area contributed by atoms with E-state index in [-0.39, 0.29) is 18.5 Å². The summed E-state index contributed by atoms with van der Waals surface area (Å²) >= 11 is 0. The lowest BCUT2D eigenvalue weighted by Crippen LogP contribution is -2.59. The largest absolute Gasteiger partial charge is 0.467 e. The van der Waals surface area contributed by atoms with Crippen LogP contribution in [0.15, 0.2) is 30.3 Å². The first-order valence-electron chi connectivity index (χ1n) is 6.99. The number of methoxy groups -OCH3 is 1. The number of esters is 1. The Hall–Kier alpha value is -2.57. The summed E-state index contributed by atoms with van der Waals surface area (Å²) in [6.07, 6.45) is 0. The smallest absolute Gasteiger partial charge is 0.330 e. The molecular weight excluding hydrogens is 286 g/mol. The summed E-state index contributed by atoms with van der Waals surface area (Å²) in [5.74, 6) is -0.731. The molecule has 7 heteroatoms. The minimum Gasteiger partial charge on any atom is -0.467 e. The van der Waals surface area contributed by atoms with Gasteiger partial charge in [0.1, 0.15) is 6.04 Å². The number of nitrogens with one attached hydrogen (secondary N) is 1. The van der Waals surface area contributed by atoms with Crippen LogP contribution in [0.25, 0.3) is 0 Å². The quantitative estimate of drug-likeness (QED) is 0.824. The molecule has 1 fully saturated rings. The van der Waals surface area contributed by atoms with Crippen LogP contribution in [0, 0.1) is 0 Å². The van der Waals surface area contributed by atoms with Gasteiger partial charge in [0.05, 0.1) is 13.7 Å². The van der Waals surface area contributed by atoms with Gasteiger partial charge >= 0.3 is 12.0 Å². The highest BCUT2D eigenvalue weighted by Gasteiger charge is 2.36. The predicted molar refractivity (Wildman–Crippen MR) is 80.2 cm³/mol. The van der Waals surface area contributed by atoms with Crippen LogP contribution < -0.4 is 5.32 Å². The molecule has 0 aromatic heterocycles. The Labute approximate surface area is 128 Å². The van der Waals surface area contributed by atoms with Crippen molar-refractivity contribution in [2.45, 2.75) is 13.0 Å². The maximum Gasteiger partial charge on any atom is 0.330 e. The molecule has 1 heterocycles. The van der Waals surface area contributed by atoms with Crippen LogP contribution in [0.3, 0.4) is 0 Å². The highest BCUT2D eigenvalue weighted by atomic mass is 16.5. The molecule has 0 aliphatic carbocycles. The monoisotopic (exact) mass is 305 g/mol. The van der Waals surface area contributed by atoms with Crippen LogP contribution in [-0.2, 0) is 14.3 Å².